The van der Waals surface area contributed by atoms with E-state index in [9.17, 15) is 0 Å². The molecular weight excluding hydrogens is 216 g/mol. The summed E-state index contributed by atoms with van der Waals surface area (Å²) < 4.78 is 0. The van der Waals surface area contributed by atoms with Gasteiger partial charge in [0.25, 0.3) is 0 Å². The predicted molar refractivity (Wildman–Crippen MR) is 72.5 cm³/mol. The van der Waals surface area contributed by atoms with Crippen LogP contribution in [0.25, 0.3) is 0 Å². The normalized spacial score (nSPS) is 12.6. The molecule has 5 heteroatoms. The topological polar surface area (TPSA) is 65.1 Å². The highest BCUT2D eigenvalue weighted by Crippen LogP contribution is 2.00. The molecule has 0 bridgehead atoms. The van der Waals surface area contributed by atoms with Crippen molar-refractivity contribution in [3.63, 3.8) is 0 Å². The molecule has 0 saturated carbocycles. The molecule has 5 nitrogen and oxygen atoms in total. The van der Waals surface area contributed by atoms with Gasteiger partial charge in [0.1, 0.15) is 5.84 Å². The highest BCUT2D eigenvalue weighted by atomic mass is 16.4. The number of hydrogen-bond acceptors (Lipinski definition) is 4. The Kier molecular flexibility index (Phi) is 9.86. The second-order valence-electron chi connectivity index (χ2n) is 4.69. The number of oxime groups is 1. The summed E-state index contributed by atoms with van der Waals surface area (Å²) in [6, 6.07) is 0. The van der Waals surface area contributed by atoms with Crippen LogP contribution in [-0.2, 0) is 0 Å². The number of rotatable bonds is 10. The van der Waals surface area contributed by atoms with E-state index in [2.05, 4.69) is 36.0 Å². The first-order valence-corrected chi connectivity index (χ1v) is 6.43. The second kappa shape index (κ2) is 10.4. The third kappa shape index (κ3) is 10.1. The Morgan fingerprint density at radius 2 is 1.82 bits per heavy atom. The molecule has 0 rings (SSSR count). The van der Waals surface area contributed by atoms with Gasteiger partial charge < -0.3 is 20.7 Å². The minimum absolute atomic E-state index is 0.334. The molecule has 0 aliphatic heterocycles. The fourth-order valence-corrected chi connectivity index (χ4v) is 1.68. The lowest BCUT2D eigenvalue weighted by molar-refractivity contribution is 0.237. The molecule has 0 spiro atoms. The van der Waals surface area contributed by atoms with Gasteiger partial charge >= 0.3 is 0 Å². The summed E-state index contributed by atoms with van der Waals surface area (Å²) >= 11 is 0. The summed E-state index contributed by atoms with van der Waals surface area (Å²) in [6.45, 7) is 6.67. The Labute approximate surface area is 105 Å². The molecule has 0 aromatic rings. The minimum Gasteiger partial charge on any atom is -0.409 e. The van der Waals surface area contributed by atoms with Crippen LogP contribution in [0.5, 0.6) is 0 Å². The molecule has 102 valence electrons. The van der Waals surface area contributed by atoms with Gasteiger partial charge in [-0.2, -0.15) is 0 Å². The number of nitrogens with zero attached hydrogens (tertiary/aromatic N) is 3. The van der Waals surface area contributed by atoms with Gasteiger partial charge in [-0.1, -0.05) is 12.1 Å². The Morgan fingerprint density at radius 1 is 1.12 bits per heavy atom. The van der Waals surface area contributed by atoms with Crippen molar-refractivity contribution < 1.29 is 5.21 Å². The van der Waals surface area contributed by atoms with Crippen LogP contribution in [0, 0.1) is 0 Å². The summed E-state index contributed by atoms with van der Waals surface area (Å²) in [5.74, 6) is 0.334. The van der Waals surface area contributed by atoms with Crippen LogP contribution >= 0.6 is 0 Å². The quantitative estimate of drug-likeness (QED) is 0.199. The number of nitrogens with two attached hydrogens (primary N) is 1. The summed E-state index contributed by atoms with van der Waals surface area (Å²) in [5, 5.41) is 11.4. The van der Waals surface area contributed by atoms with Crippen LogP contribution in [-0.4, -0.2) is 61.1 Å². The van der Waals surface area contributed by atoms with Gasteiger partial charge in [0.2, 0.25) is 0 Å². The van der Waals surface area contributed by atoms with Crippen molar-refractivity contribution in [1.29, 1.82) is 0 Å². The fraction of sp³-hybridized carbons (Fsp3) is 0.917. The molecule has 0 unspecified atom stereocenters. The molecule has 0 aliphatic rings. The molecule has 0 heterocycles. The predicted octanol–water partition coefficient (Wildman–Crippen LogP) is 1.18. The summed E-state index contributed by atoms with van der Waals surface area (Å²) in [6.07, 6.45) is 3.96. The van der Waals surface area contributed by atoms with Crippen molar-refractivity contribution in [3.8, 4) is 0 Å². The lowest BCUT2D eigenvalue weighted by atomic mass is 10.2. The number of unbranched alkanes of at least 4 members (excludes halogenated alkanes) is 1. The maximum Gasteiger partial charge on any atom is 0.139 e. The van der Waals surface area contributed by atoms with E-state index in [1.54, 1.807) is 0 Å². The summed E-state index contributed by atoms with van der Waals surface area (Å²) in [7, 11) is 4.20. The highest BCUT2D eigenvalue weighted by Gasteiger charge is 2.04. The van der Waals surface area contributed by atoms with E-state index in [0.717, 1.165) is 39.0 Å². The van der Waals surface area contributed by atoms with Crippen molar-refractivity contribution in [1.82, 2.24) is 9.80 Å². The zero-order chi connectivity index (χ0) is 13.1. The Balaban J connectivity index is 3.69. The van der Waals surface area contributed by atoms with Gasteiger partial charge in [-0.05, 0) is 46.4 Å². The molecular formula is C12H28N4O. The molecule has 0 aromatic heterocycles. The van der Waals surface area contributed by atoms with Crippen molar-refractivity contribution in [2.75, 3.05) is 40.3 Å². The van der Waals surface area contributed by atoms with Crippen molar-refractivity contribution >= 4 is 5.84 Å². The van der Waals surface area contributed by atoms with Crippen LogP contribution in [0.4, 0.5) is 0 Å². The standard InChI is InChI=1S/C12H28N4O/c1-4-8-16(11-10-15(2)3)9-6-5-7-12(13)14-17/h17H,4-11H2,1-3H3,(H2,13,14). The molecule has 0 fully saturated rings. The van der Waals surface area contributed by atoms with Crippen LogP contribution < -0.4 is 5.73 Å². The Hall–Kier alpha value is -0.810. The van der Waals surface area contributed by atoms with E-state index in [1.807, 2.05) is 0 Å². The van der Waals surface area contributed by atoms with Crippen LogP contribution in [0.1, 0.15) is 32.6 Å². The highest BCUT2D eigenvalue weighted by molar-refractivity contribution is 5.79. The smallest absolute Gasteiger partial charge is 0.139 e. The SMILES string of the molecule is CCCN(CCCCC(N)=NO)CCN(C)C. The molecule has 0 amide bonds. The first-order chi connectivity index (χ1) is 8.10. The molecule has 17 heavy (non-hydrogen) atoms. The molecule has 0 aliphatic carbocycles. The van der Waals surface area contributed by atoms with Gasteiger partial charge in [0.15, 0.2) is 0 Å². The van der Waals surface area contributed by atoms with Crippen LogP contribution in [0.15, 0.2) is 5.16 Å². The summed E-state index contributed by atoms with van der Waals surface area (Å²) in [5.41, 5.74) is 5.43. The average molecular weight is 244 g/mol. The number of likely N-dealkylation sites (N-methyl/N-ethyl adjacent to an activating group) is 1. The molecule has 0 aromatic carbocycles. The van der Waals surface area contributed by atoms with Gasteiger partial charge in [0.05, 0.1) is 0 Å². The lowest BCUT2D eigenvalue weighted by Gasteiger charge is -2.23. The van der Waals surface area contributed by atoms with Crippen molar-refractivity contribution in [2.45, 2.75) is 32.6 Å². The zero-order valence-electron chi connectivity index (χ0n) is 11.5. The van der Waals surface area contributed by atoms with E-state index in [0.29, 0.717) is 12.3 Å². The average Bonchev–Trinajstić information content (AvgIpc) is 2.30. The lowest BCUT2D eigenvalue weighted by Crippen LogP contribution is -2.33. The Morgan fingerprint density at radius 3 is 2.35 bits per heavy atom. The van der Waals surface area contributed by atoms with E-state index < -0.39 is 0 Å². The van der Waals surface area contributed by atoms with Gasteiger partial charge in [0, 0.05) is 19.5 Å². The molecule has 0 saturated heterocycles. The van der Waals surface area contributed by atoms with Crippen molar-refractivity contribution in [2.24, 2.45) is 10.9 Å². The largest absolute Gasteiger partial charge is 0.409 e. The van der Waals surface area contributed by atoms with Crippen LogP contribution in [0.3, 0.4) is 0 Å². The minimum atomic E-state index is 0.334. The maximum absolute atomic E-state index is 8.42. The Bertz CT molecular complexity index is 207. The third-order valence-electron chi connectivity index (χ3n) is 2.69. The van der Waals surface area contributed by atoms with Crippen LogP contribution in [0.2, 0.25) is 0 Å². The first-order valence-electron chi connectivity index (χ1n) is 6.43. The number of hydrogen-bond donors (Lipinski definition) is 2. The molecule has 3 N–H and O–H groups in total. The van der Waals surface area contributed by atoms with Gasteiger partial charge in [-0.25, -0.2) is 0 Å². The van der Waals surface area contributed by atoms with E-state index >= 15 is 0 Å². The van der Waals surface area contributed by atoms with E-state index in [-0.39, 0.29) is 0 Å². The molecule has 0 radical (unpaired) electrons. The fourth-order valence-electron chi connectivity index (χ4n) is 1.68. The second-order valence-corrected chi connectivity index (χ2v) is 4.69. The number of amidine groups is 1. The zero-order valence-corrected chi connectivity index (χ0v) is 11.5. The van der Waals surface area contributed by atoms with E-state index in [4.69, 9.17) is 10.9 Å². The van der Waals surface area contributed by atoms with E-state index in [1.165, 1.54) is 6.42 Å². The molecule has 0 atom stereocenters. The summed E-state index contributed by atoms with van der Waals surface area (Å²) in [4.78, 5) is 4.69. The monoisotopic (exact) mass is 244 g/mol. The first kappa shape index (κ1) is 16.2. The van der Waals surface area contributed by atoms with Gasteiger partial charge in [-0.15, -0.1) is 0 Å². The van der Waals surface area contributed by atoms with Crippen molar-refractivity contribution in [3.05, 3.63) is 0 Å². The third-order valence-corrected chi connectivity index (χ3v) is 2.69. The maximum atomic E-state index is 8.42. The van der Waals surface area contributed by atoms with Gasteiger partial charge in [-0.3, -0.25) is 0 Å².